The lowest BCUT2D eigenvalue weighted by molar-refractivity contribution is -0.107. The molecule has 3 saturated heterocycles. The predicted octanol–water partition coefficient (Wildman–Crippen LogP) is -0.139. The van der Waals surface area contributed by atoms with E-state index in [4.69, 9.17) is 18.9 Å². The van der Waals surface area contributed by atoms with Crippen LogP contribution in [0.25, 0.3) is 0 Å². The second-order valence-electron chi connectivity index (χ2n) is 8.08. The van der Waals surface area contributed by atoms with Gasteiger partial charge >= 0.3 is 0 Å². The number of fused-ring (bicyclic) bond motifs is 4. The third-order valence-electron chi connectivity index (χ3n) is 6.27. The first-order valence-electron chi connectivity index (χ1n) is 10.1. The van der Waals surface area contributed by atoms with Crippen LogP contribution in [0.4, 0.5) is 0 Å². The smallest absolute Gasteiger partial charge is 0.146 e. The van der Waals surface area contributed by atoms with Gasteiger partial charge in [-0.3, -0.25) is 16.3 Å². The number of ether oxygens (including phenoxy) is 4. The van der Waals surface area contributed by atoms with Gasteiger partial charge in [0.1, 0.15) is 6.23 Å². The first kappa shape index (κ1) is 19.0. The molecule has 3 heterocycles. The summed E-state index contributed by atoms with van der Waals surface area (Å²) in [6, 6.07) is 1.02. The maximum atomic E-state index is 6.29. The van der Waals surface area contributed by atoms with E-state index in [0.717, 1.165) is 25.9 Å². The standard InChI is InChI=1S/C18H34N4O4/c1-12-10-24-5-6-25-11-17(23-2)22-9-13(8-19-22)18-15-7-14(26-12)3-4-16(15)20-21-18/h12-21H,3-11H2,1-2H3/t12-,13?,14?,15?,16?,17?,18?/m1/s1. The zero-order chi connectivity index (χ0) is 17.9. The minimum absolute atomic E-state index is 0.0700. The zero-order valence-corrected chi connectivity index (χ0v) is 16.0. The molecule has 4 bridgehead atoms. The summed E-state index contributed by atoms with van der Waals surface area (Å²) in [6.45, 7) is 6.36. The molecular formula is C18H34N4O4. The van der Waals surface area contributed by atoms with Crippen LogP contribution in [0.5, 0.6) is 0 Å². The van der Waals surface area contributed by atoms with Gasteiger partial charge in [-0.25, -0.2) is 5.01 Å². The van der Waals surface area contributed by atoms with Crippen molar-refractivity contribution in [2.75, 3.05) is 46.6 Å². The van der Waals surface area contributed by atoms with E-state index in [1.165, 1.54) is 6.42 Å². The lowest BCUT2D eigenvalue weighted by Gasteiger charge is -2.36. The minimum Gasteiger partial charge on any atom is -0.376 e. The van der Waals surface area contributed by atoms with Crippen LogP contribution in [0.15, 0.2) is 0 Å². The van der Waals surface area contributed by atoms with Crippen molar-refractivity contribution in [3.8, 4) is 0 Å². The van der Waals surface area contributed by atoms with Crippen molar-refractivity contribution in [2.24, 2.45) is 11.8 Å². The fourth-order valence-electron chi connectivity index (χ4n) is 4.92. The van der Waals surface area contributed by atoms with Gasteiger partial charge < -0.3 is 18.9 Å². The maximum Gasteiger partial charge on any atom is 0.146 e. The second kappa shape index (κ2) is 8.79. The molecule has 0 aromatic heterocycles. The molecule has 0 aromatic rings. The Morgan fingerprint density at radius 3 is 2.77 bits per heavy atom. The van der Waals surface area contributed by atoms with Crippen LogP contribution in [0.2, 0.25) is 0 Å². The van der Waals surface area contributed by atoms with Gasteiger partial charge in [-0.1, -0.05) is 0 Å². The van der Waals surface area contributed by atoms with Gasteiger partial charge in [0.05, 0.1) is 38.6 Å². The molecule has 8 nitrogen and oxygen atoms in total. The quantitative estimate of drug-likeness (QED) is 0.589. The third kappa shape index (κ3) is 4.23. The lowest BCUT2D eigenvalue weighted by atomic mass is 9.76. The molecule has 0 radical (unpaired) electrons. The summed E-state index contributed by atoms with van der Waals surface area (Å²) in [7, 11) is 1.74. The van der Waals surface area contributed by atoms with Crippen molar-refractivity contribution in [1.82, 2.24) is 21.3 Å². The van der Waals surface area contributed by atoms with Crippen molar-refractivity contribution < 1.29 is 18.9 Å². The van der Waals surface area contributed by atoms with Crippen LogP contribution >= 0.6 is 0 Å². The van der Waals surface area contributed by atoms with Crippen LogP contribution in [0.1, 0.15) is 26.2 Å². The van der Waals surface area contributed by atoms with Crippen molar-refractivity contribution in [1.29, 1.82) is 0 Å². The second-order valence-corrected chi connectivity index (χ2v) is 8.08. The Balaban J connectivity index is 1.45. The van der Waals surface area contributed by atoms with Gasteiger partial charge in [0.25, 0.3) is 0 Å². The third-order valence-corrected chi connectivity index (χ3v) is 6.27. The SMILES string of the molecule is COC1COCCOC[C@@H](C)OC2CCC3NNC(C4CNN1C4)C3C2. The summed E-state index contributed by atoms with van der Waals surface area (Å²) in [4.78, 5) is 0. The van der Waals surface area contributed by atoms with E-state index in [1.807, 2.05) is 0 Å². The topological polar surface area (TPSA) is 76.2 Å². The van der Waals surface area contributed by atoms with Crippen LogP contribution in [0.3, 0.4) is 0 Å². The maximum absolute atomic E-state index is 6.29. The fraction of sp³-hybridized carbons (Fsp3) is 1.00. The van der Waals surface area contributed by atoms with Crippen molar-refractivity contribution in [3.63, 3.8) is 0 Å². The molecule has 26 heavy (non-hydrogen) atoms. The van der Waals surface area contributed by atoms with Gasteiger partial charge in [-0.15, -0.1) is 0 Å². The Morgan fingerprint density at radius 2 is 1.92 bits per heavy atom. The Morgan fingerprint density at radius 1 is 1.08 bits per heavy atom. The largest absolute Gasteiger partial charge is 0.376 e. The molecule has 0 amide bonds. The molecule has 4 fully saturated rings. The highest BCUT2D eigenvalue weighted by Crippen LogP contribution is 2.36. The highest BCUT2D eigenvalue weighted by atomic mass is 16.6. The van der Waals surface area contributed by atoms with Gasteiger partial charge in [0.15, 0.2) is 0 Å². The number of hydrogen-bond donors (Lipinski definition) is 3. The molecule has 0 spiro atoms. The van der Waals surface area contributed by atoms with Crippen molar-refractivity contribution in [2.45, 2.75) is 56.7 Å². The summed E-state index contributed by atoms with van der Waals surface area (Å²) >= 11 is 0. The Kier molecular flexibility index (Phi) is 6.43. The molecule has 0 aromatic carbocycles. The van der Waals surface area contributed by atoms with E-state index >= 15 is 0 Å². The van der Waals surface area contributed by atoms with Crippen LogP contribution in [0, 0.1) is 11.8 Å². The van der Waals surface area contributed by atoms with Gasteiger partial charge in [-0.05, 0) is 32.1 Å². The minimum atomic E-state index is -0.0700. The number of nitrogens with zero attached hydrogens (tertiary/aromatic N) is 1. The van der Waals surface area contributed by atoms with E-state index in [0.29, 0.717) is 56.5 Å². The molecule has 8 atom stereocenters. The number of methoxy groups -OCH3 is 1. The highest BCUT2D eigenvalue weighted by molar-refractivity contribution is 5.00. The van der Waals surface area contributed by atoms with Crippen molar-refractivity contribution >= 4 is 0 Å². The van der Waals surface area contributed by atoms with Gasteiger partial charge in [0, 0.05) is 38.2 Å². The molecule has 4 rings (SSSR count). The van der Waals surface area contributed by atoms with Gasteiger partial charge in [-0.2, -0.15) is 0 Å². The van der Waals surface area contributed by atoms with E-state index in [9.17, 15) is 0 Å². The monoisotopic (exact) mass is 370 g/mol. The average Bonchev–Trinajstić information content (AvgIpc) is 3.27. The Labute approximate surface area is 156 Å². The molecule has 150 valence electrons. The molecule has 8 heteroatoms. The Hall–Kier alpha value is -0.320. The summed E-state index contributed by atoms with van der Waals surface area (Å²) in [5, 5.41) is 2.19. The molecule has 3 aliphatic heterocycles. The van der Waals surface area contributed by atoms with E-state index in [-0.39, 0.29) is 12.3 Å². The number of rotatable bonds is 1. The molecular weight excluding hydrogens is 336 g/mol. The molecule has 4 aliphatic rings. The number of nitrogens with one attached hydrogen (secondary N) is 3. The highest BCUT2D eigenvalue weighted by Gasteiger charge is 2.46. The lowest BCUT2D eigenvalue weighted by Crippen LogP contribution is -2.45. The first-order chi connectivity index (χ1) is 12.7. The summed E-state index contributed by atoms with van der Waals surface area (Å²) in [5.41, 5.74) is 10.7. The van der Waals surface area contributed by atoms with Crippen LogP contribution < -0.4 is 16.3 Å². The van der Waals surface area contributed by atoms with E-state index < -0.39 is 0 Å². The first-order valence-corrected chi connectivity index (χ1v) is 10.1. The van der Waals surface area contributed by atoms with E-state index in [1.54, 1.807) is 7.11 Å². The summed E-state index contributed by atoms with van der Waals surface area (Å²) in [6.07, 6.45) is 3.80. The van der Waals surface area contributed by atoms with Crippen LogP contribution in [-0.2, 0) is 18.9 Å². The summed E-state index contributed by atoms with van der Waals surface area (Å²) < 4.78 is 23.4. The molecule has 3 N–H and O–H groups in total. The van der Waals surface area contributed by atoms with Gasteiger partial charge in [0.2, 0.25) is 0 Å². The normalized spacial score (nSPS) is 47.8. The average molecular weight is 370 g/mol. The van der Waals surface area contributed by atoms with E-state index in [2.05, 4.69) is 28.2 Å². The number of hydrogen-bond acceptors (Lipinski definition) is 8. The predicted molar refractivity (Wildman–Crippen MR) is 96.2 cm³/mol. The molecule has 7 unspecified atom stereocenters. The molecule has 1 aliphatic carbocycles. The zero-order valence-electron chi connectivity index (χ0n) is 16.0. The number of hydrazine groups is 2. The molecule has 1 saturated carbocycles. The van der Waals surface area contributed by atoms with Crippen molar-refractivity contribution in [3.05, 3.63) is 0 Å². The van der Waals surface area contributed by atoms with Crippen LogP contribution in [-0.4, -0.2) is 82.2 Å². The Bertz CT molecular complexity index is 457. The summed E-state index contributed by atoms with van der Waals surface area (Å²) in [5.74, 6) is 1.15. The fourth-order valence-corrected chi connectivity index (χ4v) is 4.92.